The molecule has 0 fully saturated rings. The van der Waals surface area contributed by atoms with Gasteiger partial charge in [0, 0.05) is 29.2 Å². The molecule has 0 bridgehead atoms. The van der Waals surface area contributed by atoms with Crippen LogP contribution in [0.2, 0.25) is 0 Å². The maximum atomic E-state index is 4.56. The van der Waals surface area contributed by atoms with Gasteiger partial charge in [0.15, 0.2) is 5.17 Å². The van der Waals surface area contributed by atoms with Crippen LogP contribution < -0.4 is 5.43 Å². The van der Waals surface area contributed by atoms with E-state index in [9.17, 15) is 0 Å². The number of benzene rings is 1. The predicted molar refractivity (Wildman–Crippen MR) is 92.2 cm³/mol. The van der Waals surface area contributed by atoms with Crippen LogP contribution in [0.4, 0.5) is 0 Å². The summed E-state index contributed by atoms with van der Waals surface area (Å²) in [5, 5.41) is 7.00. The number of unbranched alkanes of at least 4 members (excludes halogenated alkanes) is 1. The van der Waals surface area contributed by atoms with Crippen molar-refractivity contribution in [1.82, 2.24) is 10.4 Å². The molecule has 0 radical (unpaired) electrons. The molecule has 1 aromatic carbocycles. The van der Waals surface area contributed by atoms with Crippen LogP contribution in [0.5, 0.6) is 0 Å². The van der Waals surface area contributed by atoms with Crippen molar-refractivity contribution in [1.29, 1.82) is 0 Å². The maximum Gasteiger partial charge on any atom is 0.177 e. The number of thioether (sulfide) groups is 1. The van der Waals surface area contributed by atoms with Gasteiger partial charge in [-0.1, -0.05) is 43.3 Å². The molecule has 1 aliphatic rings. The van der Waals surface area contributed by atoms with Crippen molar-refractivity contribution < 1.29 is 0 Å². The molecule has 0 aliphatic carbocycles. The van der Waals surface area contributed by atoms with Crippen molar-refractivity contribution in [2.75, 3.05) is 6.54 Å². The van der Waals surface area contributed by atoms with E-state index in [4.69, 9.17) is 0 Å². The fraction of sp³-hybridized carbons (Fsp3) is 0.375. The number of para-hydroxylation sites is 1. The molecule has 1 atom stereocenters. The molecule has 0 amide bonds. The summed E-state index contributed by atoms with van der Waals surface area (Å²) in [5.41, 5.74) is 6.49. The number of amidine groups is 1. The lowest BCUT2D eigenvalue weighted by atomic mass is 10.1. The Morgan fingerprint density at radius 1 is 1.33 bits per heavy atom. The van der Waals surface area contributed by atoms with Gasteiger partial charge in [0.2, 0.25) is 0 Å². The summed E-state index contributed by atoms with van der Waals surface area (Å²) in [6, 6.07) is 8.32. The number of fused-ring (bicyclic) bond motifs is 1. The average molecular weight is 300 g/mol. The van der Waals surface area contributed by atoms with Crippen LogP contribution in [0.25, 0.3) is 10.9 Å². The monoisotopic (exact) mass is 300 g/mol. The molecule has 1 aliphatic heterocycles. The quantitative estimate of drug-likeness (QED) is 0.845. The lowest BCUT2D eigenvalue weighted by Crippen LogP contribution is -2.31. The second kappa shape index (κ2) is 6.35. The number of rotatable bonds is 4. The first-order valence-electron chi connectivity index (χ1n) is 7.40. The number of nitrogens with zero attached hydrogens (tertiary/aromatic N) is 2. The Morgan fingerprint density at radius 2 is 2.19 bits per heavy atom. The smallest absolute Gasteiger partial charge is 0.177 e. The summed E-state index contributed by atoms with van der Waals surface area (Å²) in [5.74, 6) is 0. The number of aliphatic imine (C=N–C) groups is 1. The Morgan fingerprint density at radius 3 is 3.00 bits per heavy atom. The molecule has 21 heavy (non-hydrogen) atoms. The minimum atomic E-state index is 0.297. The maximum absolute atomic E-state index is 4.56. The average Bonchev–Trinajstić information content (AvgIpc) is 2.92. The Kier molecular flexibility index (Phi) is 4.29. The molecule has 0 saturated heterocycles. The molecule has 1 aromatic heterocycles. The van der Waals surface area contributed by atoms with Crippen molar-refractivity contribution in [2.45, 2.75) is 31.9 Å². The van der Waals surface area contributed by atoms with Gasteiger partial charge in [-0.15, -0.1) is 0 Å². The van der Waals surface area contributed by atoms with Gasteiger partial charge in [-0.05, 0) is 19.4 Å². The molecular weight excluding hydrogens is 280 g/mol. The van der Waals surface area contributed by atoms with E-state index in [1.165, 1.54) is 17.4 Å². The molecule has 2 N–H and O–H groups in total. The topological polar surface area (TPSA) is 52.5 Å². The Balaban J connectivity index is 1.85. The number of nitrogens with one attached hydrogen (secondary N) is 2. The van der Waals surface area contributed by atoms with Gasteiger partial charge in [-0.2, -0.15) is 5.10 Å². The fourth-order valence-corrected chi connectivity index (χ4v) is 3.31. The molecule has 110 valence electrons. The van der Waals surface area contributed by atoms with Crippen molar-refractivity contribution in [3.8, 4) is 0 Å². The largest absolute Gasteiger partial charge is 0.360 e. The highest BCUT2D eigenvalue weighted by Crippen LogP contribution is 2.26. The van der Waals surface area contributed by atoms with E-state index in [1.807, 2.05) is 12.3 Å². The third-order valence-corrected chi connectivity index (χ3v) is 4.60. The van der Waals surface area contributed by atoms with Crippen molar-refractivity contribution >= 4 is 33.5 Å². The number of hydrazone groups is 1. The molecule has 1 unspecified atom stereocenters. The first-order chi connectivity index (χ1) is 10.3. The van der Waals surface area contributed by atoms with E-state index in [2.05, 4.69) is 52.6 Å². The predicted octanol–water partition coefficient (Wildman–Crippen LogP) is 3.75. The van der Waals surface area contributed by atoms with Crippen LogP contribution in [-0.2, 0) is 0 Å². The number of hydrogen-bond donors (Lipinski definition) is 2. The molecule has 0 saturated carbocycles. The first kappa shape index (κ1) is 14.2. The summed E-state index contributed by atoms with van der Waals surface area (Å²) >= 11 is 1.75. The van der Waals surface area contributed by atoms with Crippen LogP contribution in [-0.4, -0.2) is 27.7 Å². The second-order valence-electron chi connectivity index (χ2n) is 5.16. The molecular formula is C16H20N4S. The van der Waals surface area contributed by atoms with E-state index in [0.717, 1.165) is 29.4 Å². The van der Waals surface area contributed by atoms with E-state index in [1.54, 1.807) is 11.8 Å². The summed E-state index contributed by atoms with van der Waals surface area (Å²) < 4.78 is 0. The van der Waals surface area contributed by atoms with Gasteiger partial charge in [-0.3, -0.25) is 10.4 Å². The highest BCUT2D eigenvalue weighted by molar-refractivity contribution is 8.15. The first-order valence-corrected chi connectivity index (χ1v) is 8.28. The Bertz CT molecular complexity index is 686. The normalized spacial score (nSPS) is 20.6. The third-order valence-electron chi connectivity index (χ3n) is 3.58. The van der Waals surface area contributed by atoms with Crippen LogP contribution in [0.1, 0.15) is 32.3 Å². The van der Waals surface area contributed by atoms with E-state index in [-0.39, 0.29) is 0 Å². The summed E-state index contributed by atoms with van der Waals surface area (Å²) in [6.07, 6.45) is 4.33. The molecule has 5 heteroatoms. The zero-order chi connectivity index (χ0) is 14.7. The van der Waals surface area contributed by atoms with Gasteiger partial charge in [0.25, 0.3) is 0 Å². The van der Waals surface area contributed by atoms with Crippen molar-refractivity contribution in [3.63, 3.8) is 0 Å². The van der Waals surface area contributed by atoms with Crippen LogP contribution in [0, 0.1) is 0 Å². The van der Waals surface area contributed by atoms with Gasteiger partial charge in [0.1, 0.15) is 0 Å². The fourth-order valence-electron chi connectivity index (χ4n) is 2.42. The van der Waals surface area contributed by atoms with Crippen LogP contribution >= 0.6 is 11.8 Å². The van der Waals surface area contributed by atoms with Crippen molar-refractivity contribution in [3.05, 3.63) is 36.0 Å². The Hall–Kier alpha value is -1.75. The van der Waals surface area contributed by atoms with E-state index < -0.39 is 0 Å². The summed E-state index contributed by atoms with van der Waals surface area (Å²) in [6.45, 7) is 5.23. The van der Waals surface area contributed by atoms with Crippen LogP contribution in [0.3, 0.4) is 0 Å². The molecule has 0 spiro atoms. The lowest BCUT2D eigenvalue weighted by Gasteiger charge is -2.20. The number of aromatic amines is 1. The van der Waals surface area contributed by atoms with Gasteiger partial charge in [0.05, 0.1) is 11.0 Å². The number of H-pyrrole nitrogens is 1. The lowest BCUT2D eigenvalue weighted by molar-refractivity contribution is 0.804. The molecule has 3 rings (SSSR count). The van der Waals surface area contributed by atoms with E-state index >= 15 is 0 Å². The highest BCUT2D eigenvalue weighted by Gasteiger charge is 2.23. The zero-order valence-electron chi connectivity index (χ0n) is 12.4. The second-order valence-corrected chi connectivity index (χ2v) is 6.49. The van der Waals surface area contributed by atoms with Gasteiger partial charge >= 0.3 is 0 Å². The van der Waals surface area contributed by atoms with Crippen molar-refractivity contribution in [2.24, 2.45) is 10.1 Å². The van der Waals surface area contributed by atoms with Crippen LogP contribution in [0.15, 0.2) is 40.6 Å². The van der Waals surface area contributed by atoms with E-state index in [0.29, 0.717) is 5.25 Å². The third kappa shape index (κ3) is 2.97. The highest BCUT2D eigenvalue weighted by atomic mass is 32.2. The number of aromatic nitrogens is 1. The summed E-state index contributed by atoms with van der Waals surface area (Å²) in [7, 11) is 0. The summed E-state index contributed by atoms with van der Waals surface area (Å²) in [4.78, 5) is 7.87. The Labute approximate surface area is 129 Å². The molecule has 2 aromatic rings. The molecule has 4 nitrogen and oxygen atoms in total. The standard InChI is InChI=1S/C16H20N4S/c1-3-4-9-17-16-20-19-15(11(2)21-16)13-10-18-14-8-6-5-7-12(13)14/h5-8,10-11,18H,3-4,9H2,1-2H3,(H,17,20). The minimum absolute atomic E-state index is 0.297. The number of hydrogen-bond acceptors (Lipinski definition) is 3. The zero-order valence-corrected chi connectivity index (χ0v) is 13.2. The van der Waals surface area contributed by atoms with Gasteiger partial charge < -0.3 is 4.98 Å². The molecule has 2 heterocycles. The van der Waals surface area contributed by atoms with Gasteiger partial charge in [-0.25, -0.2) is 0 Å². The SMILES string of the molecule is CCCCN=C1NN=C(c2c[nH]c3ccccc23)C(C)S1. The minimum Gasteiger partial charge on any atom is -0.360 e.